The van der Waals surface area contributed by atoms with E-state index in [-0.39, 0.29) is 13.0 Å². The molecule has 1 saturated carbocycles. The Hall–Kier alpha value is -2.81. The predicted octanol–water partition coefficient (Wildman–Crippen LogP) is 5.22. The zero-order chi connectivity index (χ0) is 26.0. The van der Waals surface area contributed by atoms with Gasteiger partial charge < -0.3 is 15.2 Å². The first-order valence-corrected chi connectivity index (χ1v) is 13.5. The van der Waals surface area contributed by atoms with Crippen LogP contribution in [0.25, 0.3) is 0 Å². The van der Waals surface area contributed by atoms with Crippen molar-refractivity contribution >= 4 is 11.8 Å². The molecule has 9 heteroatoms. The topological polar surface area (TPSA) is 87.6 Å². The van der Waals surface area contributed by atoms with Gasteiger partial charge in [-0.25, -0.2) is 13.8 Å². The number of rotatable bonds is 11. The minimum absolute atomic E-state index is 0.0816. The highest BCUT2D eigenvalue weighted by molar-refractivity contribution is 5.76. The first kappa shape index (κ1) is 25.8. The highest BCUT2D eigenvalue weighted by Gasteiger charge is 2.46. The number of hydrogen-bond acceptors (Lipinski definition) is 6. The maximum absolute atomic E-state index is 15.2. The molecule has 0 aromatic carbocycles. The highest BCUT2D eigenvalue weighted by Crippen LogP contribution is 2.44. The van der Waals surface area contributed by atoms with Crippen molar-refractivity contribution in [2.45, 2.75) is 75.7 Å². The molecule has 4 heterocycles. The Morgan fingerprint density at radius 1 is 1.32 bits per heavy atom. The van der Waals surface area contributed by atoms with E-state index in [1.165, 1.54) is 0 Å². The monoisotopic (exact) mass is 514 g/mol. The molecule has 2 N–H and O–H groups in total. The molecule has 1 aliphatic carbocycles. The van der Waals surface area contributed by atoms with Crippen LogP contribution < -0.4 is 10.1 Å². The summed E-state index contributed by atoms with van der Waals surface area (Å²) < 4.78 is 36.0. The first-order chi connectivity index (χ1) is 17.9. The molecule has 0 amide bonds. The van der Waals surface area contributed by atoms with Crippen LogP contribution in [0.15, 0.2) is 24.4 Å². The van der Waals surface area contributed by atoms with Gasteiger partial charge in [0.05, 0.1) is 7.11 Å². The summed E-state index contributed by atoms with van der Waals surface area (Å²) in [5.41, 5.74) is 3.41. The molecule has 5 rings (SSSR count). The molecule has 200 valence electrons. The Morgan fingerprint density at radius 3 is 2.92 bits per heavy atom. The second-order valence-electron chi connectivity index (χ2n) is 10.6. The largest absolute Gasteiger partial charge is 0.496 e. The molecular formula is C28H36F2N4O3. The van der Waals surface area contributed by atoms with Gasteiger partial charge in [-0.3, -0.25) is 14.7 Å². The molecule has 0 bridgehead atoms. The molecule has 2 fully saturated rings. The van der Waals surface area contributed by atoms with Gasteiger partial charge in [-0.05, 0) is 64.0 Å². The van der Waals surface area contributed by atoms with Gasteiger partial charge in [0.2, 0.25) is 0 Å². The van der Waals surface area contributed by atoms with Crippen molar-refractivity contribution in [3.8, 4) is 5.75 Å². The van der Waals surface area contributed by atoms with E-state index in [0.29, 0.717) is 43.7 Å². The van der Waals surface area contributed by atoms with Crippen LogP contribution in [0.2, 0.25) is 0 Å². The number of pyridine rings is 2. The summed E-state index contributed by atoms with van der Waals surface area (Å²) in [5, 5.41) is 13.3. The van der Waals surface area contributed by atoms with Gasteiger partial charge in [0.1, 0.15) is 17.6 Å². The summed E-state index contributed by atoms with van der Waals surface area (Å²) in [5.74, 6) is -2.73. The van der Waals surface area contributed by atoms with Crippen LogP contribution in [0.1, 0.15) is 79.4 Å². The number of anilines is 1. The molecule has 2 atom stereocenters. The number of ether oxygens (including phenoxy) is 1. The molecular weight excluding hydrogens is 478 g/mol. The molecule has 2 aromatic heterocycles. The number of aryl methyl sites for hydroxylation is 1. The standard InChI is InChI=1S/C28H36F2N4O3/c1-37-23-16-20(33-26-21(23)7-4-14-32-26)6-2-3-12-28(29,30)19-11-15-34(17-19)25(27(35)36)22-8-5-13-31-24(22)18-9-10-18/h5,8,13,16,18-19,25H,2-4,6-7,9-12,14-15,17H2,1H3,(H,32,33)(H,35,36). The van der Waals surface area contributed by atoms with Crippen molar-refractivity contribution in [3.63, 3.8) is 0 Å². The second kappa shape index (κ2) is 10.9. The zero-order valence-corrected chi connectivity index (χ0v) is 21.4. The van der Waals surface area contributed by atoms with Crippen LogP contribution >= 0.6 is 0 Å². The minimum Gasteiger partial charge on any atom is -0.496 e. The van der Waals surface area contributed by atoms with E-state index in [9.17, 15) is 9.90 Å². The van der Waals surface area contributed by atoms with Crippen LogP contribution in [0, 0.1) is 5.92 Å². The van der Waals surface area contributed by atoms with Crippen molar-refractivity contribution in [3.05, 3.63) is 46.9 Å². The number of nitrogens with one attached hydrogen (secondary N) is 1. The molecule has 3 aliphatic rings. The fraction of sp³-hybridized carbons (Fsp3) is 0.607. The van der Waals surface area contributed by atoms with E-state index in [4.69, 9.17) is 4.74 Å². The van der Waals surface area contributed by atoms with E-state index in [1.807, 2.05) is 6.07 Å². The van der Waals surface area contributed by atoms with Gasteiger partial charge in [0.25, 0.3) is 5.92 Å². The van der Waals surface area contributed by atoms with Crippen molar-refractivity contribution in [2.75, 3.05) is 32.1 Å². The third kappa shape index (κ3) is 5.71. The molecule has 37 heavy (non-hydrogen) atoms. The number of likely N-dealkylation sites (tertiary alicyclic amines) is 1. The predicted molar refractivity (Wildman–Crippen MR) is 136 cm³/mol. The summed E-state index contributed by atoms with van der Waals surface area (Å²) in [4.78, 5) is 23.1. The molecule has 1 saturated heterocycles. The van der Waals surface area contributed by atoms with Gasteiger partial charge in [-0.1, -0.05) is 6.07 Å². The molecule has 0 radical (unpaired) electrons. The summed E-state index contributed by atoms with van der Waals surface area (Å²) in [6.07, 6.45) is 7.35. The molecule has 2 aromatic rings. The number of carbonyl (C=O) groups is 1. The Labute approximate surface area is 216 Å². The van der Waals surface area contributed by atoms with Crippen LogP contribution in [0.5, 0.6) is 5.75 Å². The lowest BCUT2D eigenvalue weighted by Gasteiger charge is -2.28. The number of hydrogen-bond donors (Lipinski definition) is 2. The SMILES string of the molecule is COc1cc(CCCCC(F)(F)C2CCN(C(C(=O)O)c3cccnc3C3CC3)C2)nc2c1CCCN2. The number of nitrogens with zero attached hydrogens (tertiary/aromatic N) is 3. The van der Waals surface area contributed by atoms with E-state index < -0.39 is 23.9 Å². The number of alkyl halides is 2. The Morgan fingerprint density at radius 2 is 2.16 bits per heavy atom. The number of carboxylic acid groups (broad SMARTS) is 1. The number of aromatic nitrogens is 2. The lowest BCUT2D eigenvalue weighted by atomic mass is 9.94. The Balaban J connectivity index is 1.17. The number of methoxy groups -OCH3 is 1. The normalized spacial score (nSPS) is 20.8. The molecule has 2 aliphatic heterocycles. The Kier molecular flexibility index (Phi) is 7.60. The number of halogens is 2. The molecule has 0 spiro atoms. The summed E-state index contributed by atoms with van der Waals surface area (Å²) >= 11 is 0. The third-order valence-corrected chi connectivity index (χ3v) is 7.99. The van der Waals surface area contributed by atoms with Gasteiger partial charge >= 0.3 is 5.97 Å². The highest BCUT2D eigenvalue weighted by atomic mass is 19.3. The fourth-order valence-corrected chi connectivity index (χ4v) is 5.85. The van der Waals surface area contributed by atoms with Crippen molar-refractivity contribution < 1.29 is 23.4 Å². The van der Waals surface area contributed by atoms with Crippen molar-refractivity contribution in [1.29, 1.82) is 0 Å². The van der Waals surface area contributed by atoms with Crippen molar-refractivity contribution in [2.24, 2.45) is 5.92 Å². The maximum atomic E-state index is 15.2. The summed E-state index contributed by atoms with van der Waals surface area (Å²) in [6.45, 7) is 1.31. The zero-order valence-electron chi connectivity index (χ0n) is 21.4. The fourth-order valence-electron chi connectivity index (χ4n) is 5.85. The first-order valence-electron chi connectivity index (χ1n) is 13.5. The average molecular weight is 515 g/mol. The summed E-state index contributed by atoms with van der Waals surface area (Å²) in [6, 6.07) is 4.54. The van der Waals surface area contributed by atoms with Gasteiger partial charge in [-0.15, -0.1) is 0 Å². The van der Waals surface area contributed by atoms with Crippen LogP contribution in [0.4, 0.5) is 14.6 Å². The number of unbranched alkanes of at least 4 members (excludes halogenated alkanes) is 1. The van der Waals surface area contributed by atoms with Gasteiger partial charge in [0.15, 0.2) is 0 Å². The minimum atomic E-state index is -2.84. The van der Waals surface area contributed by atoms with Crippen LogP contribution in [0.3, 0.4) is 0 Å². The van der Waals surface area contributed by atoms with Gasteiger partial charge in [0, 0.05) is 66.1 Å². The molecule has 2 unspecified atom stereocenters. The number of carboxylic acids is 1. The van der Waals surface area contributed by atoms with Crippen LogP contribution in [-0.2, 0) is 17.6 Å². The van der Waals surface area contributed by atoms with Crippen LogP contribution in [-0.4, -0.2) is 58.6 Å². The van der Waals surface area contributed by atoms with Gasteiger partial charge in [-0.2, -0.15) is 0 Å². The molecule has 7 nitrogen and oxygen atoms in total. The summed E-state index contributed by atoms with van der Waals surface area (Å²) in [7, 11) is 1.65. The van der Waals surface area contributed by atoms with E-state index >= 15 is 8.78 Å². The Bertz CT molecular complexity index is 1110. The number of aliphatic carboxylic acids is 1. The van der Waals surface area contributed by atoms with E-state index in [2.05, 4.69) is 15.3 Å². The average Bonchev–Trinajstić information content (AvgIpc) is 3.62. The lowest BCUT2D eigenvalue weighted by Crippen LogP contribution is -2.36. The van der Waals surface area contributed by atoms with Crippen molar-refractivity contribution in [1.82, 2.24) is 14.9 Å². The smallest absolute Gasteiger partial charge is 0.325 e. The quantitative estimate of drug-likeness (QED) is 0.398. The third-order valence-electron chi connectivity index (χ3n) is 7.99. The second-order valence-corrected chi connectivity index (χ2v) is 10.6. The lowest BCUT2D eigenvalue weighted by molar-refractivity contribution is -0.143. The van der Waals surface area contributed by atoms with E-state index in [0.717, 1.165) is 60.7 Å². The maximum Gasteiger partial charge on any atom is 0.325 e. The van der Waals surface area contributed by atoms with E-state index in [1.54, 1.807) is 30.3 Å². The number of fused-ring (bicyclic) bond motifs is 1.